The van der Waals surface area contributed by atoms with Gasteiger partial charge in [-0.2, -0.15) is 0 Å². The molecular weight excluding hydrogens is 381 g/mol. The molecule has 1 fully saturated rings. The highest BCUT2D eigenvalue weighted by atomic mass is 19.1. The Morgan fingerprint density at radius 3 is 2.67 bits per heavy atom. The molecule has 0 saturated carbocycles. The molecule has 0 radical (unpaired) electrons. The number of aryl methyl sites for hydroxylation is 1. The van der Waals surface area contributed by atoms with Gasteiger partial charge in [0.1, 0.15) is 18.5 Å². The molecule has 3 heterocycles. The smallest absolute Gasteiger partial charge is 0.161 e. The summed E-state index contributed by atoms with van der Waals surface area (Å²) in [6.45, 7) is 6.86. The molecule has 1 aromatic heterocycles. The lowest BCUT2D eigenvalue weighted by atomic mass is 10.1. The number of benzene rings is 2. The number of rotatable bonds is 6. The highest BCUT2D eigenvalue weighted by Gasteiger charge is 2.25. The molecule has 5 rings (SSSR count). The fraction of sp³-hybridized carbons (Fsp3) is 0.417. The van der Waals surface area contributed by atoms with Gasteiger partial charge in [0, 0.05) is 49.8 Å². The predicted octanol–water partition coefficient (Wildman–Crippen LogP) is 3.70. The second kappa shape index (κ2) is 8.66. The number of H-pyrrole nitrogens is 1. The summed E-state index contributed by atoms with van der Waals surface area (Å²) in [6.07, 6.45) is 4.16. The third kappa shape index (κ3) is 4.30. The molecule has 1 N–H and O–H groups in total. The zero-order valence-corrected chi connectivity index (χ0v) is 17.1. The number of nitrogens with one attached hydrogen (secondary N) is 1. The van der Waals surface area contributed by atoms with Crippen LogP contribution in [0.15, 0.2) is 48.7 Å². The number of hydrogen-bond acceptors (Lipinski definition) is 4. The van der Waals surface area contributed by atoms with Crippen molar-refractivity contribution in [3.63, 3.8) is 0 Å². The van der Waals surface area contributed by atoms with Crippen molar-refractivity contribution in [3.8, 4) is 11.5 Å². The van der Waals surface area contributed by atoms with E-state index in [2.05, 4.69) is 14.8 Å². The number of aromatic nitrogens is 1. The van der Waals surface area contributed by atoms with Crippen molar-refractivity contribution in [2.75, 3.05) is 45.9 Å². The van der Waals surface area contributed by atoms with E-state index in [1.54, 1.807) is 6.07 Å². The van der Waals surface area contributed by atoms with Crippen LogP contribution in [0.2, 0.25) is 0 Å². The van der Waals surface area contributed by atoms with Gasteiger partial charge in [-0.3, -0.25) is 4.90 Å². The van der Waals surface area contributed by atoms with E-state index in [1.807, 2.05) is 36.5 Å². The average Bonchev–Trinajstić information content (AvgIpc) is 3.17. The molecule has 0 spiro atoms. The van der Waals surface area contributed by atoms with Gasteiger partial charge < -0.3 is 19.4 Å². The maximum absolute atomic E-state index is 13.5. The van der Waals surface area contributed by atoms with Gasteiger partial charge >= 0.3 is 0 Å². The first-order valence-electron chi connectivity index (χ1n) is 10.8. The fourth-order valence-electron chi connectivity index (χ4n) is 4.49. The van der Waals surface area contributed by atoms with Crippen molar-refractivity contribution in [2.24, 2.45) is 0 Å². The summed E-state index contributed by atoms with van der Waals surface area (Å²) >= 11 is 0. The Morgan fingerprint density at radius 2 is 1.80 bits per heavy atom. The molecule has 2 aliphatic rings. The van der Waals surface area contributed by atoms with Crippen molar-refractivity contribution in [1.29, 1.82) is 0 Å². The molecule has 30 heavy (non-hydrogen) atoms. The third-order valence-electron chi connectivity index (χ3n) is 6.14. The standard InChI is InChI=1S/C24H28FN3O2/c25-19-7-8-22-21(14-19)18(15-26-22)4-3-9-27-10-12-28(13-11-27)16-20-17-29-23-5-1-2-6-24(23)30-20/h1-2,5-8,14-15,20,26H,3-4,9-13,16-17H2. The highest BCUT2D eigenvalue weighted by Crippen LogP contribution is 2.31. The van der Waals surface area contributed by atoms with Crippen molar-refractivity contribution < 1.29 is 13.9 Å². The van der Waals surface area contributed by atoms with Crippen LogP contribution in [-0.4, -0.2) is 66.8 Å². The summed E-state index contributed by atoms with van der Waals surface area (Å²) in [5, 5.41) is 1.01. The van der Waals surface area contributed by atoms with Gasteiger partial charge in [-0.1, -0.05) is 12.1 Å². The summed E-state index contributed by atoms with van der Waals surface area (Å²) in [6, 6.07) is 12.8. The molecule has 2 aliphatic heterocycles. The van der Waals surface area contributed by atoms with Gasteiger partial charge in [0.15, 0.2) is 11.5 Å². The minimum atomic E-state index is -0.171. The highest BCUT2D eigenvalue weighted by molar-refractivity contribution is 5.83. The molecule has 6 heteroatoms. The van der Waals surface area contributed by atoms with E-state index in [4.69, 9.17) is 9.47 Å². The molecule has 5 nitrogen and oxygen atoms in total. The van der Waals surface area contributed by atoms with Crippen LogP contribution in [0.4, 0.5) is 4.39 Å². The Kier molecular flexibility index (Phi) is 5.60. The van der Waals surface area contributed by atoms with Crippen molar-refractivity contribution in [1.82, 2.24) is 14.8 Å². The quantitative estimate of drug-likeness (QED) is 0.674. The number of fused-ring (bicyclic) bond motifs is 2. The molecule has 3 aromatic rings. The van der Waals surface area contributed by atoms with E-state index < -0.39 is 0 Å². The van der Waals surface area contributed by atoms with Crippen LogP contribution in [0.25, 0.3) is 10.9 Å². The molecule has 0 bridgehead atoms. The van der Waals surface area contributed by atoms with Gasteiger partial charge in [-0.15, -0.1) is 0 Å². The normalized spacial score (nSPS) is 20.0. The number of hydrogen-bond donors (Lipinski definition) is 1. The minimum absolute atomic E-state index is 0.0914. The van der Waals surface area contributed by atoms with Crippen molar-refractivity contribution in [2.45, 2.75) is 18.9 Å². The molecule has 1 saturated heterocycles. The summed E-state index contributed by atoms with van der Waals surface area (Å²) in [5.41, 5.74) is 2.22. The number of nitrogens with zero attached hydrogens (tertiary/aromatic N) is 2. The van der Waals surface area contributed by atoms with Crippen LogP contribution < -0.4 is 9.47 Å². The molecule has 0 amide bonds. The van der Waals surface area contributed by atoms with E-state index in [0.717, 1.165) is 74.5 Å². The number of aromatic amines is 1. The van der Waals surface area contributed by atoms with Crippen LogP contribution in [0.3, 0.4) is 0 Å². The van der Waals surface area contributed by atoms with E-state index >= 15 is 0 Å². The maximum atomic E-state index is 13.5. The van der Waals surface area contributed by atoms with Gasteiger partial charge in [-0.25, -0.2) is 4.39 Å². The first-order chi connectivity index (χ1) is 14.7. The average molecular weight is 410 g/mol. The Morgan fingerprint density at radius 1 is 1.00 bits per heavy atom. The molecule has 0 aliphatic carbocycles. The predicted molar refractivity (Wildman–Crippen MR) is 116 cm³/mol. The molecule has 1 atom stereocenters. The largest absolute Gasteiger partial charge is 0.486 e. The lowest BCUT2D eigenvalue weighted by Gasteiger charge is -2.37. The number of piperazine rings is 1. The lowest BCUT2D eigenvalue weighted by molar-refractivity contribution is 0.0402. The monoisotopic (exact) mass is 409 g/mol. The molecule has 2 aromatic carbocycles. The zero-order valence-electron chi connectivity index (χ0n) is 17.1. The van der Waals surface area contributed by atoms with Crippen LogP contribution in [0.5, 0.6) is 11.5 Å². The Bertz CT molecular complexity index is 997. The molecule has 158 valence electrons. The number of para-hydroxylation sites is 2. The number of ether oxygens (including phenoxy) is 2. The second-order valence-corrected chi connectivity index (χ2v) is 8.25. The summed E-state index contributed by atoms with van der Waals surface area (Å²) < 4.78 is 25.5. The Labute approximate surface area is 176 Å². The lowest BCUT2D eigenvalue weighted by Crippen LogP contribution is -2.50. The van der Waals surface area contributed by atoms with Crippen LogP contribution in [0.1, 0.15) is 12.0 Å². The van der Waals surface area contributed by atoms with Crippen molar-refractivity contribution in [3.05, 3.63) is 60.0 Å². The SMILES string of the molecule is Fc1ccc2[nH]cc(CCCN3CCN(CC4COc5ccccc5O4)CC3)c2c1. The maximum Gasteiger partial charge on any atom is 0.161 e. The van der Waals surface area contributed by atoms with Gasteiger partial charge in [0.25, 0.3) is 0 Å². The topological polar surface area (TPSA) is 40.7 Å². The van der Waals surface area contributed by atoms with Gasteiger partial charge in [-0.05, 0) is 55.3 Å². The zero-order chi connectivity index (χ0) is 20.3. The Balaban J connectivity index is 1.06. The summed E-state index contributed by atoms with van der Waals surface area (Å²) in [7, 11) is 0. The second-order valence-electron chi connectivity index (χ2n) is 8.25. The third-order valence-corrected chi connectivity index (χ3v) is 6.14. The molecular formula is C24H28FN3O2. The van der Waals surface area contributed by atoms with E-state index in [0.29, 0.717) is 6.61 Å². The van der Waals surface area contributed by atoms with E-state index in [-0.39, 0.29) is 11.9 Å². The summed E-state index contributed by atoms with van der Waals surface area (Å²) in [5.74, 6) is 1.52. The van der Waals surface area contributed by atoms with Crippen LogP contribution in [-0.2, 0) is 6.42 Å². The Hall–Kier alpha value is -2.57. The van der Waals surface area contributed by atoms with Crippen LogP contribution in [0, 0.1) is 5.82 Å². The summed E-state index contributed by atoms with van der Waals surface area (Å²) in [4.78, 5) is 8.25. The first kappa shape index (κ1) is 19.4. The van der Waals surface area contributed by atoms with Gasteiger partial charge in [0.05, 0.1) is 0 Å². The van der Waals surface area contributed by atoms with E-state index in [1.165, 1.54) is 11.6 Å². The first-order valence-corrected chi connectivity index (χ1v) is 10.8. The molecule has 1 unspecified atom stereocenters. The minimum Gasteiger partial charge on any atom is -0.486 e. The fourth-order valence-corrected chi connectivity index (χ4v) is 4.49. The van der Waals surface area contributed by atoms with Gasteiger partial charge in [0.2, 0.25) is 0 Å². The number of halogens is 1. The van der Waals surface area contributed by atoms with Crippen LogP contribution >= 0.6 is 0 Å². The van der Waals surface area contributed by atoms with Crippen molar-refractivity contribution >= 4 is 10.9 Å². The van der Waals surface area contributed by atoms with E-state index in [9.17, 15) is 4.39 Å².